The van der Waals surface area contributed by atoms with Crippen molar-refractivity contribution in [2.75, 3.05) is 19.1 Å². The van der Waals surface area contributed by atoms with E-state index in [4.69, 9.17) is 14.6 Å². The lowest BCUT2D eigenvalue weighted by molar-refractivity contribution is -0.127. The fourth-order valence-corrected chi connectivity index (χ4v) is 4.88. The Bertz CT molecular complexity index is 1080. The van der Waals surface area contributed by atoms with Gasteiger partial charge in [-0.25, -0.2) is 0 Å². The van der Waals surface area contributed by atoms with Gasteiger partial charge in [0.15, 0.2) is 0 Å². The number of ether oxygens (including phenoxy) is 2. The van der Waals surface area contributed by atoms with Crippen molar-refractivity contribution in [3.05, 3.63) is 35.7 Å². The van der Waals surface area contributed by atoms with Gasteiger partial charge in [-0.2, -0.15) is 5.10 Å². The molecule has 2 amide bonds. The summed E-state index contributed by atoms with van der Waals surface area (Å²) >= 11 is 0. The minimum absolute atomic E-state index is 0.117. The zero-order valence-electron chi connectivity index (χ0n) is 21.1. The second kappa shape index (κ2) is 8.96. The van der Waals surface area contributed by atoms with Crippen LogP contribution in [0.15, 0.2) is 24.3 Å². The number of anilines is 1. The van der Waals surface area contributed by atoms with Gasteiger partial charge in [0.2, 0.25) is 5.91 Å². The third-order valence-corrected chi connectivity index (χ3v) is 6.98. The lowest BCUT2D eigenvalue weighted by Gasteiger charge is -2.44. The molecule has 1 aromatic heterocycles. The number of nitrogens with zero attached hydrogens (tertiary/aromatic N) is 3. The second-order valence-electron chi connectivity index (χ2n) is 10.6. The van der Waals surface area contributed by atoms with E-state index in [1.807, 2.05) is 13.0 Å². The molecule has 0 spiro atoms. The van der Waals surface area contributed by atoms with Crippen molar-refractivity contribution in [1.29, 1.82) is 0 Å². The van der Waals surface area contributed by atoms with E-state index < -0.39 is 5.54 Å². The van der Waals surface area contributed by atoms with Crippen LogP contribution in [-0.4, -0.2) is 47.4 Å². The minimum atomic E-state index is -1.21. The molecule has 1 atom stereocenters. The number of methoxy groups -OCH3 is 2. The molecule has 1 N–H and O–H groups in total. The Hall–Kier alpha value is -3.03. The van der Waals surface area contributed by atoms with Crippen LogP contribution in [0.4, 0.5) is 5.69 Å². The van der Waals surface area contributed by atoms with Crippen LogP contribution in [0.2, 0.25) is 0 Å². The smallest absolute Gasteiger partial charge is 0.277 e. The number of fused-ring (bicyclic) bond motifs is 1. The fourth-order valence-electron chi connectivity index (χ4n) is 4.88. The van der Waals surface area contributed by atoms with Crippen LogP contribution in [0, 0.1) is 0 Å². The molecule has 2 heterocycles. The molecule has 34 heavy (non-hydrogen) atoms. The standard InChI is InChI=1S/C26H36N4O4/c1-25(2,3)22-15-20-23(31)30(19-14-18(33-5)12-13-21(19)34-6)26(4,16-29(20)28-22)24(32)27-17-10-8-7-9-11-17/h12-15,17H,7-11,16H2,1-6H3,(H,27,32)/t26-/m1/s1. The Balaban J connectivity index is 1.83. The summed E-state index contributed by atoms with van der Waals surface area (Å²) < 4.78 is 12.7. The lowest BCUT2D eigenvalue weighted by atomic mass is 9.90. The van der Waals surface area contributed by atoms with E-state index in [2.05, 4.69) is 26.1 Å². The van der Waals surface area contributed by atoms with Gasteiger partial charge in [-0.1, -0.05) is 40.0 Å². The molecule has 184 valence electrons. The Morgan fingerprint density at radius 1 is 1.12 bits per heavy atom. The van der Waals surface area contributed by atoms with Crippen molar-refractivity contribution in [3.63, 3.8) is 0 Å². The number of hydrogen-bond acceptors (Lipinski definition) is 5. The van der Waals surface area contributed by atoms with Crippen molar-refractivity contribution in [2.24, 2.45) is 0 Å². The molecular formula is C26H36N4O4. The Morgan fingerprint density at radius 3 is 2.44 bits per heavy atom. The van der Waals surface area contributed by atoms with Crippen LogP contribution in [0.5, 0.6) is 11.5 Å². The van der Waals surface area contributed by atoms with Crippen LogP contribution in [-0.2, 0) is 16.8 Å². The molecule has 1 aliphatic heterocycles. The quantitative estimate of drug-likeness (QED) is 0.715. The van der Waals surface area contributed by atoms with E-state index in [0.29, 0.717) is 22.9 Å². The van der Waals surface area contributed by atoms with Gasteiger partial charge in [0, 0.05) is 17.5 Å². The minimum Gasteiger partial charge on any atom is -0.497 e. The zero-order valence-corrected chi connectivity index (χ0v) is 21.1. The first-order chi connectivity index (χ1) is 16.1. The number of nitrogens with one attached hydrogen (secondary N) is 1. The van der Waals surface area contributed by atoms with Crippen molar-refractivity contribution in [2.45, 2.75) is 83.3 Å². The molecule has 8 heteroatoms. The Kier molecular flexibility index (Phi) is 6.36. The second-order valence-corrected chi connectivity index (χ2v) is 10.6. The first kappa shape index (κ1) is 24.1. The largest absolute Gasteiger partial charge is 0.497 e. The van der Waals surface area contributed by atoms with Crippen molar-refractivity contribution in [3.8, 4) is 11.5 Å². The number of carbonyl (C=O) groups excluding carboxylic acids is 2. The molecule has 0 unspecified atom stereocenters. The van der Waals surface area contributed by atoms with Gasteiger partial charge in [-0.05, 0) is 38.0 Å². The lowest BCUT2D eigenvalue weighted by Crippen LogP contribution is -2.65. The van der Waals surface area contributed by atoms with E-state index in [9.17, 15) is 9.59 Å². The molecule has 2 aliphatic rings. The van der Waals surface area contributed by atoms with Crippen LogP contribution in [0.25, 0.3) is 0 Å². The number of rotatable bonds is 5. The summed E-state index contributed by atoms with van der Waals surface area (Å²) in [5.74, 6) is 0.598. The third-order valence-electron chi connectivity index (χ3n) is 6.98. The highest BCUT2D eigenvalue weighted by Crippen LogP contribution is 2.41. The molecule has 2 aromatic rings. The molecule has 0 saturated heterocycles. The maximum Gasteiger partial charge on any atom is 0.277 e. The topological polar surface area (TPSA) is 85.7 Å². The maximum atomic E-state index is 14.0. The van der Waals surface area contributed by atoms with Crippen molar-refractivity contribution in [1.82, 2.24) is 15.1 Å². The Labute approximate surface area is 201 Å². The predicted molar refractivity (Wildman–Crippen MR) is 131 cm³/mol. The first-order valence-electron chi connectivity index (χ1n) is 12.0. The van der Waals surface area contributed by atoms with Crippen molar-refractivity contribution < 1.29 is 19.1 Å². The molecule has 0 bridgehead atoms. The molecule has 8 nitrogen and oxygen atoms in total. The van der Waals surface area contributed by atoms with Gasteiger partial charge in [0.05, 0.1) is 32.1 Å². The van der Waals surface area contributed by atoms with Crippen LogP contribution in [0.1, 0.15) is 76.0 Å². The summed E-state index contributed by atoms with van der Waals surface area (Å²) in [6.45, 7) is 8.23. The normalized spacial score (nSPS) is 21.2. The Morgan fingerprint density at radius 2 is 1.82 bits per heavy atom. The van der Waals surface area contributed by atoms with Gasteiger partial charge in [0.1, 0.15) is 22.7 Å². The molecule has 1 saturated carbocycles. The molecule has 1 aliphatic carbocycles. The van der Waals surface area contributed by atoms with E-state index in [1.54, 1.807) is 42.0 Å². The zero-order chi connectivity index (χ0) is 24.7. The van der Waals surface area contributed by atoms with Crippen LogP contribution < -0.4 is 19.7 Å². The van der Waals surface area contributed by atoms with E-state index in [-0.39, 0.29) is 29.8 Å². The highest BCUT2D eigenvalue weighted by Gasteiger charge is 2.50. The molecule has 1 fully saturated rings. The van der Waals surface area contributed by atoms with E-state index >= 15 is 0 Å². The third kappa shape index (κ3) is 4.26. The summed E-state index contributed by atoms with van der Waals surface area (Å²) in [6, 6.07) is 7.23. The van der Waals surface area contributed by atoms with E-state index in [1.165, 1.54) is 6.42 Å². The van der Waals surface area contributed by atoms with Gasteiger partial charge >= 0.3 is 0 Å². The van der Waals surface area contributed by atoms with Gasteiger partial charge in [0.25, 0.3) is 5.91 Å². The summed E-state index contributed by atoms with van der Waals surface area (Å²) in [5, 5.41) is 7.97. The average molecular weight is 469 g/mol. The molecule has 4 rings (SSSR count). The molecule has 0 radical (unpaired) electrons. The van der Waals surface area contributed by atoms with Crippen LogP contribution >= 0.6 is 0 Å². The predicted octanol–water partition coefficient (Wildman–Crippen LogP) is 4.07. The first-order valence-corrected chi connectivity index (χ1v) is 12.0. The molecular weight excluding hydrogens is 432 g/mol. The van der Waals surface area contributed by atoms with E-state index in [0.717, 1.165) is 31.4 Å². The number of hydrogen-bond donors (Lipinski definition) is 1. The summed E-state index contributed by atoms with van der Waals surface area (Å²) in [4.78, 5) is 29.5. The SMILES string of the molecule is COc1ccc(OC)c(N2C(=O)c3cc(C(C)(C)C)nn3C[C@]2(C)C(=O)NC2CCCCC2)c1. The number of carbonyl (C=O) groups is 2. The highest BCUT2D eigenvalue weighted by atomic mass is 16.5. The summed E-state index contributed by atoms with van der Waals surface area (Å²) in [5.41, 5.74) is 0.327. The maximum absolute atomic E-state index is 14.0. The average Bonchev–Trinajstić information content (AvgIpc) is 3.24. The monoisotopic (exact) mass is 468 g/mol. The highest BCUT2D eigenvalue weighted by molar-refractivity contribution is 6.12. The summed E-state index contributed by atoms with van der Waals surface area (Å²) in [6.07, 6.45) is 5.32. The summed E-state index contributed by atoms with van der Waals surface area (Å²) in [7, 11) is 3.13. The number of benzene rings is 1. The fraction of sp³-hybridized carbons (Fsp3) is 0.577. The van der Waals surface area contributed by atoms with Gasteiger partial charge in [-0.3, -0.25) is 19.2 Å². The van der Waals surface area contributed by atoms with Gasteiger partial charge in [-0.15, -0.1) is 0 Å². The van der Waals surface area contributed by atoms with Crippen molar-refractivity contribution >= 4 is 17.5 Å². The number of amides is 2. The van der Waals surface area contributed by atoms with Gasteiger partial charge < -0.3 is 14.8 Å². The number of aromatic nitrogens is 2. The van der Waals surface area contributed by atoms with Crippen LogP contribution in [0.3, 0.4) is 0 Å². The molecule has 1 aromatic carbocycles.